The molecular weight excluding hydrogens is 396 g/mol. The number of esters is 1. The number of carbonyl (C=O) groups is 1. The van der Waals surface area contributed by atoms with Gasteiger partial charge in [-0.15, -0.1) is 0 Å². The van der Waals surface area contributed by atoms with Crippen molar-refractivity contribution in [3.05, 3.63) is 102 Å². The van der Waals surface area contributed by atoms with Gasteiger partial charge in [0, 0.05) is 30.0 Å². The number of hydrogen-bond donors (Lipinski definition) is 0. The Balaban J connectivity index is 1.88. The van der Waals surface area contributed by atoms with Gasteiger partial charge in [-0.1, -0.05) is 12.1 Å². The molecule has 0 aliphatic carbocycles. The van der Waals surface area contributed by atoms with Gasteiger partial charge in [0.05, 0.1) is 9.85 Å². The van der Waals surface area contributed by atoms with Crippen LogP contribution >= 0.6 is 0 Å². The van der Waals surface area contributed by atoms with Crippen molar-refractivity contribution in [2.24, 2.45) is 0 Å². The van der Waals surface area contributed by atoms with Crippen LogP contribution < -0.4 is 5.43 Å². The summed E-state index contributed by atoms with van der Waals surface area (Å²) in [4.78, 5) is 45.4. The maximum absolute atomic E-state index is 12.4. The Labute approximate surface area is 168 Å². The van der Waals surface area contributed by atoms with Crippen LogP contribution in [-0.4, -0.2) is 25.6 Å². The molecule has 0 saturated heterocycles. The van der Waals surface area contributed by atoms with Gasteiger partial charge in [-0.05, 0) is 30.7 Å². The highest BCUT2D eigenvalue weighted by molar-refractivity contribution is 5.87. The maximum Gasteiger partial charge on any atom is 0.363 e. The first kappa shape index (κ1) is 20.3. The predicted molar refractivity (Wildman–Crippen MR) is 103 cm³/mol. The van der Waals surface area contributed by atoms with Crippen LogP contribution in [0.15, 0.2) is 59.4 Å². The largest absolute Gasteiger partial charge is 0.456 e. The van der Waals surface area contributed by atoms with Gasteiger partial charge in [0.15, 0.2) is 0 Å². The van der Waals surface area contributed by atoms with Crippen molar-refractivity contribution in [3.8, 4) is 5.69 Å². The quantitative estimate of drug-likeness (QED) is 0.342. The molecular formula is C19H14N4O7. The smallest absolute Gasteiger partial charge is 0.363 e. The summed E-state index contributed by atoms with van der Waals surface area (Å²) in [6.45, 7) is 1.29. The van der Waals surface area contributed by atoms with Crippen LogP contribution in [0, 0.1) is 27.2 Å². The van der Waals surface area contributed by atoms with Crippen molar-refractivity contribution < 1.29 is 19.4 Å². The predicted octanol–water partition coefficient (Wildman–Crippen LogP) is 2.71. The van der Waals surface area contributed by atoms with E-state index in [9.17, 15) is 29.8 Å². The Bertz CT molecular complexity index is 1200. The number of hydrogen-bond acceptors (Lipinski definition) is 8. The number of ether oxygens (including phenoxy) is 1. The number of para-hydroxylation sites is 2. The Hall–Kier alpha value is -4.41. The molecule has 0 atom stereocenters. The molecule has 0 bridgehead atoms. The molecule has 152 valence electrons. The van der Waals surface area contributed by atoms with E-state index in [-0.39, 0.29) is 23.7 Å². The minimum Gasteiger partial charge on any atom is -0.456 e. The number of aryl methyl sites for hydroxylation is 1. The van der Waals surface area contributed by atoms with Gasteiger partial charge < -0.3 is 4.74 Å². The average Bonchev–Trinajstić information content (AvgIpc) is 2.72. The van der Waals surface area contributed by atoms with Crippen molar-refractivity contribution in [2.75, 3.05) is 0 Å². The topological polar surface area (TPSA) is 147 Å². The minimum atomic E-state index is -1.02. The molecule has 1 aromatic heterocycles. The highest BCUT2D eigenvalue weighted by atomic mass is 16.6. The van der Waals surface area contributed by atoms with E-state index in [1.54, 1.807) is 6.07 Å². The summed E-state index contributed by atoms with van der Waals surface area (Å²) in [6.07, 6.45) is 0. The third-order valence-corrected chi connectivity index (χ3v) is 4.12. The van der Waals surface area contributed by atoms with E-state index in [1.165, 1.54) is 49.4 Å². The van der Waals surface area contributed by atoms with Crippen LogP contribution in [-0.2, 0) is 11.3 Å². The first-order chi connectivity index (χ1) is 14.3. The Morgan fingerprint density at radius 2 is 1.73 bits per heavy atom. The molecule has 0 aliphatic heterocycles. The van der Waals surface area contributed by atoms with Crippen LogP contribution in [0.3, 0.4) is 0 Å². The van der Waals surface area contributed by atoms with Crippen LogP contribution in [0.1, 0.15) is 21.7 Å². The van der Waals surface area contributed by atoms with E-state index >= 15 is 0 Å². The zero-order valence-electron chi connectivity index (χ0n) is 15.5. The lowest BCUT2D eigenvalue weighted by Crippen LogP contribution is -2.24. The number of aromatic nitrogens is 2. The molecule has 0 fully saturated rings. The minimum absolute atomic E-state index is 0.0874. The summed E-state index contributed by atoms with van der Waals surface area (Å²) in [5.74, 6) is -1.02. The number of nitrogens with zero attached hydrogens (tertiary/aromatic N) is 4. The van der Waals surface area contributed by atoms with E-state index in [0.717, 1.165) is 10.7 Å². The second-order valence-electron chi connectivity index (χ2n) is 6.16. The Kier molecular flexibility index (Phi) is 5.63. The van der Waals surface area contributed by atoms with E-state index in [0.29, 0.717) is 11.3 Å². The van der Waals surface area contributed by atoms with Gasteiger partial charge in [-0.25, -0.2) is 9.48 Å². The van der Waals surface area contributed by atoms with Crippen molar-refractivity contribution in [2.45, 2.75) is 13.5 Å². The Morgan fingerprint density at radius 3 is 2.37 bits per heavy atom. The van der Waals surface area contributed by atoms with E-state index in [1.807, 2.05) is 0 Å². The average molecular weight is 410 g/mol. The second-order valence-corrected chi connectivity index (χ2v) is 6.16. The number of nitro groups is 2. The number of non-ortho nitro benzene ring substituents is 1. The van der Waals surface area contributed by atoms with Crippen molar-refractivity contribution >= 4 is 17.3 Å². The molecule has 0 radical (unpaired) electrons. The summed E-state index contributed by atoms with van der Waals surface area (Å²) < 4.78 is 6.21. The molecule has 1 heterocycles. The van der Waals surface area contributed by atoms with Crippen molar-refractivity contribution in [1.29, 1.82) is 0 Å². The van der Waals surface area contributed by atoms with Crippen LogP contribution in [0.2, 0.25) is 0 Å². The van der Waals surface area contributed by atoms with Crippen LogP contribution in [0.4, 0.5) is 11.4 Å². The molecule has 0 N–H and O–H groups in total. The van der Waals surface area contributed by atoms with Gasteiger partial charge >= 0.3 is 5.97 Å². The molecule has 2 aromatic carbocycles. The molecule has 3 rings (SSSR count). The monoisotopic (exact) mass is 410 g/mol. The first-order valence-corrected chi connectivity index (χ1v) is 8.53. The molecule has 0 aliphatic rings. The molecule has 11 nitrogen and oxygen atoms in total. The number of rotatable bonds is 6. The molecule has 0 spiro atoms. The fraction of sp³-hybridized carbons (Fsp3) is 0.105. The van der Waals surface area contributed by atoms with E-state index in [4.69, 9.17) is 4.74 Å². The SMILES string of the molecule is Cc1cc(=O)c(C(=O)OCc2ccc([N+](=O)[O-])cc2)nn1-c1ccccc1[N+](=O)[O-]. The van der Waals surface area contributed by atoms with Crippen molar-refractivity contribution in [1.82, 2.24) is 9.78 Å². The van der Waals surface area contributed by atoms with Crippen LogP contribution in [0.25, 0.3) is 5.69 Å². The zero-order chi connectivity index (χ0) is 21.8. The second kappa shape index (κ2) is 8.31. The molecule has 3 aromatic rings. The number of nitro benzene ring substituents is 2. The summed E-state index contributed by atoms with van der Waals surface area (Å²) in [6, 6.07) is 12.2. The van der Waals surface area contributed by atoms with Gasteiger partial charge in [0.1, 0.15) is 12.3 Å². The lowest BCUT2D eigenvalue weighted by molar-refractivity contribution is -0.385. The van der Waals surface area contributed by atoms with Gasteiger partial charge in [0.25, 0.3) is 11.4 Å². The van der Waals surface area contributed by atoms with E-state index in [2.05, 4.69) is 5.10 Å². The number of benzene rings is 2. The van der Waals surface area contributed by atoms with Crippen LogP contribution in [0.5, 0.6) is 0 Å². The Morgan fingerprint density at radius 1 is 1.07 bits per heavy atom. The third-order valence-electron chi connectivity index (χ3n) is 4.12. The van der Waals surface area contributed by atoms with Gasteiger partial charge in [-0.3, -0.25) is 25.0 Å². The summed E-state index contributed by atoms with van der Waals surface area (Å²) >= 11 is 0. The summed E-state index contributed by atoms with van der Waals surface area (Å²) in [5.41, 5.74) is -0.748. The molecule has 0 saturated carbocycles. The fourth-order valence-corrected chi connectivity index (χ4v) is 2.66. The molecule has 30 heavy (non-hydrogen) atoms. The molecule has 0 unspecified atom stereocenters. The molecule has 0 amide bonds. The zero-order valence-corrected chi connectivity index (χ0v) is 15.5. The van der Waals surface area contributed by atoms with Gasteiger partial charge in [0.2, 0.25) is 11.1 Å². The lowest BCUT2D eigenvalue weighted by Gasteiger charge is -2.11. The normalized spacial score (nSPS) is 10.4. The van der Waals surface area contributed by atoms with Crippen molar-refractivity contribution in [3.63, 3.8) is 0 Å². The standard InChI is InChI=1S/C19H14N4O7/c1-12-10-17(24)18(20-21(12)15-4-2-3-5-16(15)23(28)29)19(25)30-11-13-6-8-14(9-7-13)22(26)27/h2-10H,11H2,1H3. The van der Waals surface area contributed by atoms with E-state index < -0.39 is 26.9 Å². The first-order valence-electron chi connectivity index (χ1n) is 8.53. The van der Waals surface area contributed by atoms with Gasteiger partial charge in [-0.2, -0.15) is 5.10 Å². The molecule has 11 heteroatoms. The third kappa shape index (κ3) is 4.19. The lowest BCUT2D eigenvalue weighted by atomic mass is 10.2. The fourth-order valence-electron chi connectivity index (χ4n) is 2.66. The highest BCUT2D eigenvalue weighted by Crippen LogP contribution is 2.22. The summed E-state index contributed by atoms with van der Waals surface area (Å²) in [7, 11) is 0. The maximum atomic E-state index is 12.4. The highest BCUT2D eigenvalue weighted by Gasteiger charge is 2.21. The summed E-state index contributed by atoms with van der Waals surface area (Å²) in [5, 5.41) is 25.9. The number of carbonyl (C=O) groups excluding carboxylic acids is 1.